The van der Waals surface area contributed by atoms with Gasteiger partial charge >= 0.3 is 0 Å². The quantitative estimate of drug-likeness (QED) is 0.812. The fourth-order valence-electron chi connectivity index (χ4n) is 1.51. The van der Waals surface area contributed by atoms with Crippen LogP contribution in [-0.2, 0) is 11.2 Å². The predicted molar refractivity (Wildman–Crippen MR) is 60.7 cm³/mol. The van der Waals surface area contributed by atoms with Gasteiger partial charge in [0.25, 0.3) is 0 Å². The Bertz CT molecular complexity index is 338. The highest BCUT2D eigenvalue weighted by Gasteiger charge is 2.11. The number of ether oxygens (including phenoxy) is 1. The second-order valence-corrected chi connectivity index (χ2v) is 4.33. The number of halogens is 1. The van der Waals surface area contributed by atoms with Gasteiger partial charge in [-0.15, -0.1) is 0 Å². The van der Waals surface area contributed by atoms with Crippen LogP contribution in [0.2, 0.25) is 0 Å². The first kappa shape index (κ1) is 9.71. The molecule has 0 bridgehead atoms. The molecule has 1 aliphatic heterocycles. The summed E-state index contributed by atoms with van der Waals surface area (Å²) < 4.78 is 6.21. The van der Waals surface area contributed by atoms with Crippen LogP contribution >= 0.6 is 15.9 Å². The molecule has 0 aromatic heterocycles. The molecule has 1 atom stereocenters. The summed E-state index contributed by atoms with van der Waals surface area (Å²) in [6.07, 6.45) is 3.68. The Morgan fingerprint density at radius 3 is 3.14 bits per heavy atom. The highest BCUT2D eigenvalue weighted by Crippen LogP contribution is 2.15. The molecule has 2 nitrogen and oxygen atoms in total. The first-order chi connectivity index (χ1) is 6.84. The van der Waals surface area contributed by atoms with Crippen molar-refractivity contribution in [2.75, 3.05) is 6.61 Å². The van der Waals surface area contributed by atoms with Crippen molar-refractivity contribution in [3.63, 3.8) is 0 Å². The maximum atomic E-state index is 5.07. The Hall–Kier alpha value is -0.830. The van der Waals surface area contributed by atoms with E-state index in [4.69, 9.17) is 4.74 Å². The van der Waals surface area contributed by atoms with Gasteiger partial charge in [0.05, 0.1) is 6.04 Å². The van der Waals surface area contributed by atoms with E-state index in [0.29, 0.717) is 6.04 Å². The number of benzene rings is 1. The summed E-state index contributed by atoms with van der Waals surface area (Å²) in [4.78, 5) is 4.21. The van der Waals surface area contributed by atoms with E-state index >= 15 is 0 Å². The van der Waals surface area contributed by atoms with Crippen molar-refractivity contribution < 1.29 is 4.74 Å². The van der Waals surface area contributed by atoms with Gasteiger partial charge in [-0.1, -0.05) is 28.1 Å². The number of nitrogens with zero attached hydrogens (tertiary/aromatic N) is 1. The van der Waals surface area contributed by atoms with Crippen LogP contribution in [0, 0.1) is 0 Å². The highest BCUT2D eigenvalue weighted by atomic mass is 79.9. The van der Waals surface area contributed by atoms with E-state index in [-0.39, 0.29) is 0 Å². The van der Waals surface area contributed by atoms with Crippen molar-refractivity contribution in [3.8, 4) is 0 Å². The van der Waals surface area contributed by atoms with Gasteiger partial charge in [-0.2, -0.15) is 0 Å². The number of aliphatic imine (C=N–C) groups is 1. The fraction of sp³-hybridized carbons (Fsp3) is 0.364. The monoisotopic (exact) mass is 253 g/mol. The van der Waals surface area contributed by atoms with Crippen molar-refractivity contribution in [1.29, 1.82) is 0 Å². The van der Waals surface area contributed by atoms with Crippen molar-refractivity contribution in [3.05, 3.63) is 34.3 Å². The average molecular weight is 254 g/mol. The zero-order chi connectivity index (χ0) is 9.80. The number of aryl methyl sites for hydroxylation is 1. The predicted octanol–water partition coefficient (Wildman–Crippen LogP) is 2.81. The Morgan fingerprint density at radius 1 is 1.50 bits per heavy atom. The molecule has 1 unspecified atom stereocenters. The van der Waals surface area contributed by atoms with E-state index in [1.807, 2.05) is 6.07 Å². The van der Waals surface area contributed by atoms with Gasteiger partial charge in [0.1, 0.15) is 6.61 Å². The molecular weight excluding hydrogens is 242 g/mol. The smallest absolute Gasteiger partial charge is 0.169 e. The molecule has 1 aromatic carbocycles. The van der Waals surface area contributed by atoms with E-state index in [1.165, 1.54) is 5.56 Å². The lowest BCUT2D eigenvalue weighted by atomic mass is 10.1. The molecule has 0 N–H and O–H groups in total. The van der Waals surface area contributed by atoms with Gasteiger partial charge in [-0.3, -0.25) is 4.99 Å². The molecule has 0 saturated carbocycles. The molecule has 3 heteroatoms. The number of hydrogen-bond acceptors (Lipinski definition) is 2. The highest BCUT2D eigenvalue weighted by molar-refractivity contribution is 9.10. The molecule has 0 aliphatic carbocycles. The summed E-state index contributed by atoms with van der Waals surface area (Å²) in [5, 5.41) is 0. The zero-order valence-corrected chi connectivity index (χ0v) is 9.40. The molecule has 1 aromatic rings. The minimum absolute atomic E-state index is 0.356. The van der Waals surface area contributed by atoms with Crippen LogP contribution in [-0.4, -0.2) is 19.0 Å². The largest absolute Gasteiger partial charge is 0.481 e. The molecule has 0 radical (unpaired) electrons. The van der Waals surface area contributed by atoms with Crippen molar-refractivity contribution >= 4 is 22.3 Å². The third kappa shape index (κ3) is 2.58. The third-order valence-electron chi connectivity index (χ3n) is 2.29. The van der Waals surface area contributed by atoms with Gasteiger partial charge in [-0.05, 0) is 30.5 Å². The molecule has 2 rings (SSSR count). The topological polar surface area (TPSA) is 21.6 Å². The lowest BCUT2D eigenvalue weighted by molar-refractivity contribution is 0.322. The summed E-state index contributed by atoms with van der Waals surface area (Å²) in [6, 6.07) is 8.76. The van der Waals surface area contributed by atoms with Gasteiger partial charge in [0, 0.05) is 4.47 Å². The Labute approximate surface area is 92.1 Å². The summed E-state index contributed by atoms with van der Waals surface area (Å²) >= 11 is 3.46. The lowest BCUT2D eigenvalue weighted by Gasteiger charge is -2.05. The number of hydrogen-bond donors (Lipinski definition) is 0. The minimum atomic E-state index is 0.356. The lowest BCUT2D eigenvalue weighted by Crippen LogP contribution is -2.07. The van der Waals surface area contributed by atoms with Gasteiger partial charge < -0.3 is 4.74 Å². The molecule has 0 amide bonds. The maximum Gasteiger partial charge on any atom is 0.169 e. The summed E-state index contributed by atoms with van der Waals surface area (Å²) in [5.41, 5.74) is 1.35. The fourth-order valence-corrected chi connectivity index (χ4v) is 1.96. The molecule has 1 heterocycles. The van der Waals surface area contributed by atoms with Crippen LogP contribution in [0.1, 0.15) is 12.0 Å². The molecule has 1 aliphatic rings. The SMILES string of the molecule is Brc1cccc(CCC2COC=N2)c1. The normalized spacial score (nSPS) is 19.6. The first-order valence-corrected chi connectivity index (χ1v) is 5.51. The molecule has 0 spiro atoms. The second kappa shape index (κ2) is 4.60. The molecular formula is C11H12BrNO. The van der Waals surface area contributed by atoms with Crippen LogP contribution in [0.4, 0.5) is 0 Å². The van der Waals surface area contributed by atoms with E-state index in [1.54, 1.807) is 6.40 Å². The maximum absolute atomic E-state index is 5.07. The molecule has 74 valence electrons. The Balaban J connectivity index is 1.88. The molecule has 0 fully saturated rings. The van der Waals surface area contributed by atoms with Gasteiger partial charge in [-0.25, -0.2) is 0 Å². The molecule has 14 heavy (non-hydrogen) atoms. The Kier molecular flexibility index (Phi) is 3.19. The van der Waals surface area contributed by atoms with Crippen LogP contribution in [0.3, 0.4) is 0 Å². The Morgan fingerprint density at radius 2 is 2.43 bits per heavy atom. The van der Waals surface area contributed by atoms with E-state index in [2.05, 4.69) is 39.1 Å². The third-order valence-corrected chi connectivity index (χ3v) is 2.78. The second-order valence-electron chi connectivity index (χ2n) is 3.41. The average Bonchev–Trinajstić information content (AvgIpc) is 2.67. The standard InChI is InChI=1S/C11H12BrNO/c12-10-3-1-2-9(6-10)4-5-11-7-14-8-13-11/h1-3,6,8,11H,4-5,7H2. The van der Waals surface area contributed by atoms with Crippen LogP contribution in [0.5, 0.6) is 0 Å². The van der Waals surface area contributed by atoms with Gasteiger partial charge in [0.2, 0.25) is 0 Å². The summed E-state index contributed by atoms with van der Waals surface area (Å²) in [7, 11) is 0. The van der Waals surface area contributed by atoms with Crippen LogP contribution in [0.15, 0.2) is 33.7 Å². The van der Waals surface area contributed by atoms with Crippen molar-refractivity contribution in [2.45, 2.75) is 18.9 Å². The van der Waals surface area contributed by atoms with E-state index < -0.39 is 0 Å². The first-order valence-electron chi connectivity index (χ1n) is 4.72. The summed E-state index contributed by atoms with van der Waals surface area (Å²) in [6.45, 7) is 0.744. The van der Waals surface area contributed by atoms with E-state index in [0.717, 1.165) is 23.9 Å². The summed E-state index contributed by atoms with van der Waals surface area (Å²) in [5.74, 6) is 0. The van der Waals surface area contributed by atoms with Gasteiger partial charge in [0.15, 0.2) is 6.40 Å². The number of rotatable bonds is 3. The van der Waals surface area contributed by atoms with E-state index in [9.17, 15) is 0 Å². The minimum Gasteiger partial charge on any atom is -0.481 e. The van der Waals surface area contributed by atoms with Crippen molar-refractivity contribution in [2.24, 2.45) is 4.99 Å². The van der Waals surface area contributed by atoms with Crippen LogP contribution < -0.4 is 0 Å². The zero-order valence-electron chi connectivity index (χ0n) is 7.82. The van der Waals surface area contributed by atoms with Crippen LogP contribution in [0.25, 0.3) is 0 Å². The van der Waals surface area contributed by atoms with Crippen molar-refractivity contribution in [1.82, 2.24) is 0 Å². The molecule has 0 saturated heterocycles.